The van der Waals surface area contributed by atoms with Crippen molar-refractivity contribution in [2.75, 3.05) is 6.61 Å². The van der Waals surface area contributed by atoms with Crippen LogP contribution in [0.4, 0.5) is 0 Å². The van der Waals surface area contributed by atoms with Crippen LogP contribution in [-0.4, -0.2) is 23.1 Å². The summed E-state index contributed by atoms with van der Waals surface area (Å²) in [5.74, 6) is -0.677. The standard InChI is InChI=1S/C19H18N2O3S/c1-3-24-17(22)12-21-15-9-4-5-10-16(15)25-19(21)20-18(23)14-8-6-7-13(2)11-14/h4-11H,3,12H2,1-2H3. The number of thiazole rings is 1. The molecule has 0 aliphatic rings. The molecule has 25 heavy (non-hydrogen) atoms. The molecular formula is C19H18N2O3S. The summed E-state index contributed by atoms with van der Waals surface area (Å²) in [4.78, 5) is 29.2. The Morgan fingerprint density at radius 3 is 2.72 bits per heavy atom. The van der Waals surface area contributed by atoms with Gasteiger partial charge < -0.3 is 9.30 Å². The van der Waals surface area contributed by atoms with E-state index in [4.69, 9.17) is 4.74 Å². The van der Waals surface area contributed by atoms with E-state index in [1.807, 2.05) is 43.3 Å². The minimum atomic E-state index is -0.351. The van der Waals surface area contributed by atoms with E-state index in [0.29, 0.717) is 17.0 Å². The van der Waals surface area contributed by atoms with Gasteiger partial charge in [-0.15, -0.1) is 0 Å². The third-order valence-corrected chi connectivity index (χ3v) is 4.70. The predicted molar refractivity (Wildman–Crippen MR) is 97.5 cm³/mol. The summed E-state index contributed by atoms with van der Waals surface area (Å²) < 4.78 is 7.73. The van der Waals surface area contributed by atoms with Gasteiger partial charge in [0.05, 0.1) is 16.8 Å². The minimum absolute atomic E-state index is 0.0256. The van der Waals surface area contributed by atoms with Gasteiger partial charge in [0.25, 0.3) is 5.91 Å². The van der Waals surface area contributed by atoms with Gasteiger partial charge >= 0.3 is 5.97 Å². The molecule has 0 radical (unpaired) electrons. The molecule has 0 aliphatic heterocycles. The fourth-order valence-corrected chi connectivity index (χ4v) is 3.55. The summed E-state index contributed by atoms with van der Waals surface area (Å²) in [6.45, 7) is 4.03. The fraction of sp³-hybridized carbons (Fsp3) is 0.211. The van der Waals surface area contributed by atoms with Crippen LogP contribution in [0.1, 0.15) is 22.8 Å². The molecule has 0 bridgehead atoms. The summed E-state index contributed by atoms with van der Waals surface area (Å²) in [6, 6.07) is 14.9. The van der Waals surface area contributed by atoms with Gasteiger partial charge in [-0.05, 0) is 38.1 Å². The Kier molecular flexibility index (Phi) is 5.09. The molecule has 0 spiro atoms. The van der Waals surface area contributed by atoms with Crippen molar-refractivity contribution in [2.24, 2.45) is 4.99 Å². The van der Waals surface area contributed by atoms with E-state index >= 15 is 0 Å². The zero-order chi connectivity index (χ0) is 17.8. The molecule has 1 aromatic heterocycles. The summed E-state index contributed by atoms with van der Waals surface area (Å²) in [6.07, 6.45) is 0. The molecular weight excluding hydrogens is 336 g/mol. The number of para-hydroxylation sites is 1. The number of ether oxygens (including phenoxy) is 1. The number of carbonyl (C=O) groups excluding carboxylic acids is 2. The summed E-state index contributed by atoms with van der Waals surface area (Å²) in [5.41, 5.74) is 2.38. The summed E-state index contributed by atoms with van der Waals surface area (Å²) in [5, 5.41) is 0. The molecule has 0 aliphatic carbocycles. The number of benzene rings is 2. The molecule has 3 rings (SSSR count). The molecule has 0 fully saturated rings. The highest BCUT2D eigenvalue weighted by Gasteiger charge is 2.12. The number of aromatic nitrogens is 1. The highest BCUT2D eigenvalue weighted by atomic mass is 32.1. The van der Waals surface area contributed by atoms with Crippen molar-refractivity contribution in [2.45, 2.75) is 20.4 Å². The van der Waals surface area contributed by atoms with Gasteiger partial charge in [0.1, 0.15) is 6.54 Å². The van der Waals surface area contributed by atoms with Crippen molar-refractivity contribution < 1.29 is 14.3 Å². The zero-order valence-electron chi connectivity index (χ0n) is 14.1. The average molecular weight is 354 g/mol. The molecule has 1 amide bonds. The lowest BCUT2D eigenvalue weighted by atomic mass is 10.1. The highest BCUT2D eigenvalue weighted by molar-refractivity contribution is 7.16. The quantitative estimate of drug-likeness (QED) is 0.675. The Morgan fingerprint density at radius 2 is 1.96 bits per heavy atom. The van der Waals surface area contributed by atoms with Gasteiger partial charge in [0.15, 0.2) is 4.80 Å². The van der Waals surface area contributed by atoms with Crippen molar-refractivity contribution >= 4 is 33.4 Å². The monoisotopic (exact) mass is 354 g/mol. The Labute approximate surface area is 149 Å². The third-order valence-electron chi connectivity index (χ3n) is 3.64. The van der Waals surface area contributed by atoms with Gasteiger partial charge in [-0.3, -0.25) is 9.59 Å². The van der Waals surface area contributed by atoms with Gasteiger partial charge in [-0.2, -0.15) is 4.99 Å². The number of carbonyl (C=O) groups is 2. The van der Waals surface area contributed by atoms with Crippen LogP contribution in [0.15, 0.2) is 53.5 Å². The number of amides is 1. The lowest BCUT2D eigenvalue weighted by Gasteiger charge is -2.05. The maximum Gasteiger partial charge on any atom is 0.326 e. The molecule has 0 N–H and O–H groups in total. The number of fused-ring (bicyclic) bond motifs is 1. The third kappa shape index (κ3) is 3.85. The second-order valence-electron chi connectivity index (χ2n) is 5.53. The summed E-state index contributed by atoms with van der Waals surface area (Å²) in [7, 11) is 0. The van der Waals surface area contributed by atoms with Crippen LogP contribution in [0, 0.1) is 6.92 Å². The summed E-state index contributed by atoms with van der Waals surface area (Å²) >= 11 is 1.38. The van der Waals surface area contributed by atoms with Crippen LogP contribution in [0.2, 0.25) is 0 Å². The number of nitrogens with zero attached hydrogens (tertiary/aromatic N) is 2. The van der Waals surface area contributed by atoms with Crippen LogP contribution in [0.5, 0.6) is 0 Å². The fourth-order valence-electron chi connectivity index (χ4n) is 2.52. The molecule has 0 atom stereocenters. The minimum Gasteiger partial charge on any atom is -0.465 e. The molecule has 1 heterocycles. The maximum atomic E-state index is 12.5. The van der Waals surface area contributed by atoms with Gasteiger partial charge in [0, 0.05) is 5.56 Å². The predicted octanol–water partition coefficient (Wildman–Crippen LogP) is 3.32. The largest absolute Gasteiger partial charge is 0.465 e. The topological polar surface area (TPSA) is 60.7 Å². The molecule has 128 valence electrons. The lowest BCUT2D eigenvalue weighted by molar-refractivity contribution is -0.143. The van der Waals surface area contributed by atoms with Crippen molar-refractivity contribution in [1.29, 1.82) is 0 Å². The van der Waals surface area contributed by atoms with Crippen molar-refractivity contribution in [3.05, 3.63) is 64.5 Å². The van der Waals surface area contributed by atoms with Gasteiger partial charge in [-0.25, -0.2) is 0 Å². The van der Waals surface area contributed by atoms with E-state index in [1.54, 1.807) is 23.6 Å². The van der Waals surface area contributed by atoms with E-state index in [1.165, 1.54) is 11.3 Å². The molecule has 5 nitrogen and oxygen atoms in total. The lowest BCUT2D eigenvalue weighted by Crippen LogP contribution is -2.23. The van der Waals surface area contributed by atoms with E-state index in [9.17, 15) is 9.59 Å². The normalized spacial score (nSPS) is 11.7. The number of aryl methyl sites for hydroxylation is 1. The second kappa shape index (κ2) is 7.44. The van der Waals surface area contributed by atoms with Gasteiger partial charge in [-0.1, -0.05) is 41.2 Å². The van der Waals surface area contributed by atoms with Crippen molar-refractivity contribution in [1.82, 2.24) is 4.57 Å². The zero-order valence-corrected chi connectivity index (χ0v) is 14.9. The molecule has 3 aromatic rings. The first-order valence-electron chi connectivity index (χ1n) is 7.98. The molecule has 6 heteroatoms. The van der Waals surface area contributed by atoms with Crippen molar-refractivity contribution in [3.63, 3.8) is 0 Å². The second-order valence-corrected chi connectivity index (χ2v) is 6.54. The van der Waals surface area contributed by atoms with E-state index in [0.717, 1.165) is 15.8 Å². The Hall–Kier alpha value is -2.73. The highest BCUT2D eigenvalue weighted by Crippen LogP contribution is 2.17. The van der Waals surface area contributed by atoms with Crippen LogP contribution in [-0.2, 0) is 16.1 Å². The smallest absolute Gasteiger partial charge is 0.326 e. The number of hydrogen-bond donors (Lipinski definition) is 0. The van der Waals surface area contributed by atoms with Crippen LogP contribution >= 0.6 is 11.3 Å². The van der Waals surface area contributed by atoms with Crippen LogP contribution < -0.4 is 4.80 Å². The van der Waals surface area contributed by atoms with Crippen LogP contribution in [0.3, 0.4) is 0 Å². The molecule has 2 aromatic carbocycles. The molecule has 0 saturated heterocycles. The Morgan fingerprint density at radius 1 is 1.16 bits per heavy atom. The van der Waals surface area contributed by atoms with Crippen molar-refractivity contribution in [3.8, 4) is 0 Å². The average Bonchev–Trinajstić information content (AvgIpc) is 2.92. The molecule has 0 saturated carbocycles. The van der Waals surface area contributed by atoms with E-state index in [-0.39, 0.29) is 18.4 Å². The first-order chi connectivity index (χ1) is 12.1. The van der Waals surface area contributed by atoms with E-state index < -0.39 is 0 Å². The first kappa shape index (κ1) is 17.1. The number of esters is 1. The number of hydrogen-bond acceptors (Lipinski definition) is 4. The van der Waals surface area contributed by atoms with Gasteiger partial charge in [0.2, 0.25) is 0 Å². The Bertz CT molecular complexity index is 1000. The molecule has 0 unspecified atom stereocenters. The van der Waals surface area contributed by atoms with E-state index in [2.05, 4.69) is 4.99 Å². The number of rotatable bonds is 4. The SMILES string of the molecule is CCOC(=O)Cn1c(=NC(=O)c2cccc(C)c2)sc2ccccc21. The maximum absolute atomic E-state index is 12.5. The first-order valence-corrected chi connectivity index (χ1v) is 8.80. The Balaban J connectivity index is 2.08. The van der Waals surface area contributed by atoms with Crippen LogP contribution in [0.25, 0.3) is 10.2 Å².